The summed E-state index contributed by atoms with van der Waals surface area (Å²) < 4.78 is 17.5. The van der Waals surface area contributed by atoms with Crippen LogP contribution in [0.25, 0.3) is 6.08 Å². The molecule has 0 aliphatic heterocycles. The number of amides is 1. The quantitative estimate of drug-likeness (QED) is 0.693. The molecule has 0 aromatic heterocycles. The molecule has 0 atom stereocenters. The topological polar surface area (TPSA) is 55.4 Å². The number of benzene rings is 2. The van der Waals surface area contributed by atoms with Crippen LogP contribution in [0.15, 0.2) is 48.5 Å². The zero-order valence-corrected chi connectivity index (χ0v) is 12.8. The molecule has 23 heavy (non-hydrogen) atoms. The molecule has 0 radical (unpaired) electrons. The summed E-state index contributed by atoms with van der Waals surface area (Å²) in [6.07, 6.45) is 2.92. The Kier molecular flexibility index (Phi) is 5.25. The van der Waals surface area contributed by atoms with Gasteiger partial charge in [0.25, 0.3) is 0 Å². The number of ether oxygens (including phenoxy) is 1. The molecule has 1 amide bonds. The Hall–Kier alpha value is -2.95. The van der Waals surface area contributed by atoms with Crippen molar-refractivity contribution in [2.75, 3.05) is 12.4 Å². The van der Waals surface area contributed by atoms with Gasteiger partial charge in [0.2, 0.25) is 5.91 Å². The first-order chi connectivity index (χ1) is 11.0. The molecule has 0 spiro atoms. The van der Waals surface area contributed by atoms with E-state index < -0.39 is 5.97 Å². The van der Waals surface area contributed by atoms with Gasteiger partial charge >= 0.3 is 5.97 Å². The van der Waals surface area contributed by atoms with Gasteiger partial charge in [0.15, 0.2) is 0 Å². The number of carbonyl (C=O) groups excluding carboxylic acids is 2. The molecular weight excluding hydrogens is 297 g/mol. The molecule has 0 saturated heterocycles. The largest absolute Gasteiger partial charge is 0.465 e. The van der Waals surface area contributed by atoms with Crippen molar-refractivity contribution in [3.63, 3.8) is 0 Å². The number of rotatable bonds is 4. The maximum atomic E-state index is 12.8. The van der Waals surface area contributed by atoms with Crippen LogP contribution in [0.5, 0.6) is 0 Å². The van der Waals surface area contributed by atoms with Crippen LogP contribution in [0.4, 0.5) is 10.1 Å². The van der Waals surface area contributed by atoms with Crippen LogP contribution in [-0.4, -0.2) is 19.0 Å². The Balaban J connectivity index is 2.10. The van der Waals surface area contributed by atoms with E-state index >= 15 is 0 Å². The van der Waals surface area contributed by atoms with Crippen molar-refractivity contribution < 1.29 is 18.7 Å². The van der Waals surface area contributed by atoms with Crippen molar-refractivity contribution in [1.29, 1.82) is 0 Å². The third-order valence-electron chi connectivity index (χ3n) is 3.21. The van der Waals surface area contributed by atoms with Gasteiger partial charge in [0.05, 0.1) is 12.7 Å². The summed E-state index contributed by atoms with van der Waals surface area (Å²) in [6, 6.07) is 10.7. The van der Waals surface area contributed by atoms with Crippen molar-refractivity contribution in [3.05, 3.63) is 71.0 Å². The van der Waals surface area contributed by atoms with Crippen molar-refractivity contribution in [2.24, 2.45) is 0 Å². The fourth-order valence-corrected chi connectivity index (χ4v) is 1.92. The summed E-state index contributed by atoms with van der Waals surface area (Å²) in [7, 11) is 1.30. The molecule has 0 bridgehead atoms. The van der Waals surface area contributed by atoms with E-state index in [-0.39, 0.29) is 11.7 Å². The highest BCUT2D eigenvalue weighted by Crippen LogP contribution is 2.17. The van der Waals surface area contributed by atoms with E-state index in [4.69, 9.17) is 0 Å². The highest BCUT2D eigenvalue weighted by molar-refractivity contribution is 6.03. The number of methoxy groups -OCH3 is 1. The highest BCUT2D eigenvalue weighted by atomic mass is 19.1. The molecule has 0 unspecified atom stereocenters. The molecule has 5 heteroatoms. The lowest BCUT2D eigenvalue weighted by Gasteiger charge is -2.08. The predicted octanol–water partition coefficient (Wildman–Crippen LogP) is 3.57. The van der Waals surface area contributed by atoms with Crippen molar-refractivity contribution >= 4 is 23.6 Å². The number of anilines is 1. The first kappa shape index (κ1) is 16.4. The van der Waals surface area contributed by atoms with Crippen molar-refractivity contribution in [1.82, 2.24) is 0 Å². The summed E-state index contributed by atoms with van der Waals surface area (Å²) in [5.74, 6) is -1.15. The van der Waals surface area contributed by atoms with Crippen LogP contribution in [0, 0.1) is 12.7 Å². The summed E-state index contributed by atoms with van der Waals surface area (Å²) in [5, 5.41) is 2.70. The minimum atomic E-state index is -0.470. The van der Waals surface area contributed by atoms with E-state index in [1.807, 2.05) is 6.92 Å². The number of nitrogens with one attached hydrogen (secondary N) is 1. The van der Waals surface area contributed by atoms with E-state index in [1.165, 1.54) is 25.3 Å². The summed E-state index contributed by atoms with van der Waals surface area (Å²) >= 11 is 0. The number of carbonyl (C=O) groups is 2. The Morgan fingerprint density at radius 3 is 2.48 bits per heavy atom. The minimum Gasteiger partial charge on any atom is -0.465 e. The van der Waals surface area contributed by atoms with Gasteiger partial charge in [0.1, 0.15) is 5.82 Å². The second-order valence-electron chi connectivity index (χ2n) is 4.90. The third-order valence-corrected chi connectivity index (χ3v) is 3.21. The van der Waals surface area contributed by atoms with Crippen LogP contribution in [0.3, 0.4) is 0 Å². The molecule has 0 heterocycles. The summed E-state index contributed by atoms with van der Waals surface area (Å²) in [4.78, 5) is 23.5. The number of aryl methyl sites for hydroxylation is 1. The predicted molar refractivity (Wildman–Crippen MR) is 86.6 cm³/mol. The molecule has 0 fully saturated rings. The van der Waals surface area contributed by atoms with Gasteiger partial charge in [-0.25, -0.2) is 9.18 Å². The minimum absolute atomic E-state index is 0.332. The Morgan fingerprint density at radius 2 is 1.83 bits per heavy atom. The van der Waals surface area contributed by atoms with Gasteiger partial charge in [-0.15, -0.1) is 0 Å². The van der Waals surface area contributed by atoms with Gasteiger partial charge < -0.3 is 10.1 Å². The number of hydrogen-bond acceptors (Lipinski definition) is 3. The molecular formula is C18H16FNO3. The first-order valence-electron chi connectivity index (χ1n) is 6.93. The molecule has 118 valence electrons. The van der Waals surface area contributed by atoms with E-state index in [0.29, 0.717) is 16.8 Å². The molecule has 2 rings (SSSR count). The lowest BCUT2D eigenvalue weighted by atomic mass is 10.1. The lowest BCUT2D eigenvalue weighted by Crippen LogP contribution is -2.10. The van der Waals surface area contributed by atoms with Gasteiger partial charge in [-0.1, -0.05) is 18.2 Å². The zero-order valence-electron chi connectivity index (χ0n) is 12.8. The standard InChI is InChI=1S/C18H16FNO3/c1-12-3-7-14(18(22)23-2)11-16(12)20-17(21)10-6-13-4-8-15(19)9-5-13/h3-11H,1-2H3,(H,20,21). The summed E-state index contributed by atoms with van der Waals surface area (Å²) in [6.45, 7) is 1.82. The Bertz CT molecular complexity index is 751. The molecule has 2 aromatic rings. The van der Waals surface area contributed by atoms with E-state index in [1.54, 1.807) is 36.4 Å². The average Bonchev–Trinajstić information content (AvgIpc) is 2.55. The first-order valence-corrected chi connectivity index (χ1v) is 6.93. The van der Waals surface area contributed by atoms with Crippen LogP contribution in [0.2, 0.25) is 0 Å². The smallest absolute Gasteiger partial charge is 0.337 e. The van der Waals surface area contributed by atoms with Crippen LogP contribution >= 0.6 is 0 Å². The maximum absolute atomic E-state index is 12.8. The maximum Gasteiger partial charge on any atom is 0.337 e. The average molecular weight is 313 g/mol. The van der Waals surface area contributed by atoms with Gasteiger partial charge in [-0.2, -0.15) is 0 Å². The molecule has 4 nitrogen and oxygen atoms in total. The second-order valence-corrected chi connectivity index (χ2v) is 4.90. The molecule has 0 saturated carbocycles. The van der Waals surface area contributed by atoms with Gasteiger partial charge in [-0.3, -0.25) is 4.79 Å². The van der Waals surface area contributed by atoms with E-state index in [2.05, 4.69) is 10.1 Å². The molecule has 0 aliphatic rings. The van der Waals surface area contributed by atoms with Crippen molar-refractivity contribution in [2.45, 2.75) is 6.92 Å². The number of hydrogen-bond donors (Lipinski definition) is 1. The lowest BCUT2D eigenvalue weighted by molar-refractivity contribution is -0.111. The van der Waals surface area contributed by atoms with Crippen LogP contribution in [-0.2, 0) is 9.53 Å². The number of halogens is 1. The van der Waals surface area contributed by atoms with Gasteiger partial charge in [0, 0.05) is 11.8 Å². The van der Waals surface area contributed by atoms with Crippen molar-refractivity contribution in [3.8, 4) is 0 Å². The third kappa shape index (κ3) is 4.51. The fourth-order valence-electron chi connectivity index (χ4n) is 1.92. The number of esters is 1. The summed E-state index contributed by atoms with van der Waals surface area (Å²) in [5.41, 5.74) is 2.42. The van der Waals surface area contributed by atoms with E-state index in [0.717, 1.165) is 5.56 Å². The SMILES string of the molecule is COC(=O)c1ccc(C)c(NC(=O)C=Cc2ccc(F)cc2)c1. The van der Waals surface area contributed by atoms with Crippen LogP contribution in [0.1, 0.15) is 21.5 Å². The molecule has 2 aromatic carbocycles. The van der Waals surface area contributed by atoms with E-state index in [9.17, 15) is 14.0 Å². The van der Waals surface area contributed by atoms with Crippen LogP contribution < -0.4 is 5.32 Å². The highest BCUT2D eigenvalue weighted by Gasteiger charge is 2.09. The normalized spacial score (nSPS) is 10.6. The van der Waals surface area contributed by atoms with Gasteiger partial charge in [-0.05, 0) is 48.4 Å². The molecule has 1 N–H and O–H groups in total. The zero-order chi connectivity index (χ0) is 16.8. The second kappa shape index (κ2) is 7.35. The fraction of sp³-hybridized carbons (Fsp3) is 0.111. The molecule has 0 aliphatic carbocycles. The Labute approximate surface area is 133 Å². The Morgan fingerprint density at radius 1 is 1.13 bits per heavy atom. The monoisotopic (exact) mass is 313 g/mol.